The Balaban J connectivity index is 0.00000520. The zero-order valence-electron chi connectivity index (χ0n) is 25.9. The number of amides is 3. The van der Waals surface area contributed by atoms with Crippen molar-refractivity contribution in [1.82, 2.24) is 25.4 Å². The van der Waals surface area contributed by atoms with Crippen molar-refractivity contribution in [1.29, 1.82) is 0 Å². The lowest BCUT2D eigenvalue weighted by Crippen LogP contribution is -2.60. The summed E-state index contributed by atoms with van der Waals surface area (Å²) in [5.74, 6) is -0.305. The summed E-state index contributed by atoms with van der Waals surface area (Å²) in [6, 6.07) is 14.4. The SMILES string of the molecule is COc1ccccc1CN[C@@H](C)NC(=O)N1CCN(C(=O)c2cc(C(F)(F)F)cc(C(F)(F)F)c2)[C@H](Cc2c[nH]c3ccccc23)C1.Cl. The van der Waals surface area contributed by atoms with E-state index in [2.05, 4.69) is 15.6 Å². The summed E-state index contributed by atoms with van der Waals surface area (Å²) in [4.78, 5) is 33.0. The first-order chi connectivity index (χ1) is 22.2. The average Bonchev–Trinajstić information content (AvgIpc) is 3.45. The number of rotatable bonds is 8. The topological polar surface area (TPSA) is 89.7 Å². The van der Waals surface area contributed by atoms with Crippen LogP contribution in [-0.4, -0.2) is 65.7 Å². The minimum absolute atomic E-state index is 0. The maximum absolute atomic E-state index is 13.7. The minimum atomic E-state index is -5.10. The second kappa shape index (κ2) is 14.8. The van der Waals surface area contributed by atoms with Crippen LogP contribution in [0.1, 0.15) is 39.5 Å². The first kappa shape index (κ1) is 36.4. The van der Waals surface area contributed by atoms with E-state index in [9.17, 15) is 35.9 Å². The van der Waals surface area contributed by atoms with Crippen LogP contribution in [0.3, 0.4) is 0 Å². The van der Waals surface area contributed by atoms with Crippen molar-refractivity contribution in [2.75, 3.05) is 26.7 Å². The molecule has 0 unspecified atom stereocenters. The summed E-state index contributed by atoms with van der Waals surface area (Å²) in [5.41, 5.74) is -1.41. The fourth-order valence-electron chi connectivity index (χ4n) is 5.72. The highest BCUT2D eigenvalue weighted by molar-refractivity contribution is 5.95. The molecule has 258 valence electrons. The molecule has 4 aromatic rings. The number of nitrogens with zero attached hydrogens (tertiary/aromatic N) is 2. The number of carbonyl (C=O) groups is 2. The fourth-order valence-corrected chi connectivity index (χ4v) is 5.72. The van der Waals surface area contributed by atoms with E-state index in [4.69, 9.17) is 4.74 Å². The maximum Gasteiger partial charge on any atom is 0.416 e. The summed E-state index contributed by atoms with van der Waals surface area (Å²) in [6.45, 7) is 2.03. The number of piperazine rings is 1. The molecule has 1 aliphatic heterocycles. The van der Waals surface area contributed by atoms with Crippen LogP contribution in [0.4, 0.5) is 31.1 Å². The molecule has 1 saturated heterocycles. The monoisotopic (exact) mass is 697 g/mol. The van der Waals surface area contributed by atoms with Crippen LogP contribution >= 0.6 is 12.4 Å². The Bertz CT molecular complexity index is 1710. The highest BCUT2D eigenvalue weighted by Gasteiger charge is 2.39. The molecule has 2 atom stereocenters. The Labute approximate surface area is 278 Å². The van der Waals surface area contributed by atoms with Crippen molar-refractivity contribution in [3.05, 3.63) is 101 Å². The van der Waals surface area contributed by atoms with Gasteiger partial charge in [-0.15, -0.1) is 12.4 Å². The summed E-state index contributed by atoms with van der Waals surface area (Å²) in [7, 11) is 1.56. The zero-order valence-corrected chi connectivity index (χ0v) is 26.7. The third-order valence-corrected chi connectivity index (χ3v) is 8.13. The van der Waals surface area contributed by atoms with Gasteiger partial charge in [0.25, 0.3) is 5.91 Å². The molecular formula is C33H34ClF6N5O3. The summed E-state index contributed by atoms with van der Waals surface area (Å²) in [6.07, 6.45) is -8.76. The number of fused-ring (bicyclic) bond motifs is 1. The third kappa shape index (κ3) is 8.34. The lowest BCUT2D eigenvalue weighted by molar-refractivity contribution is -0.143. The molecule has 0 spiro atoms. The fraction of sp³-hybridized carbons (Fsp3) is 0.333. The van der Waals surface area contributed by atoms with Crippen molar-refractivity contribution in [2.45, 2.75) is 44.4 Å². The predicted molar refractivity (Wildman–Crippen MR) is 170 cm³/mol. The quantitative estimate of drug-likeness (QED) is 0.139. The van der Waals surface area contributed by atoms with Gasteiger partial charge < -0.3 is 24.8 Å². The summed E-state index contributed by atoms with van der Waals surface area (Å²) >= 11 is 0. The van der Waals surface area contributed by atoms with Crippen LogP contribution in [0.15, 0.2) is 72.9 Å². The van der Waals surface area contributed by atoms with Crippen molar-refractivity contribution in [3.8, 4) is 5.75 Å². The van der Waals surface area contributed by atoms with Crippen LogP contribution in [0.25, 0.3) is 10.9 Å². The van der Waals surface area contributed by atoms with E-state index in [1.165, 1.54) is 9.80 Å². The average molecular weight is 698 g/mol. The molecule has 48 heavy (non-hydrogen) atoms. The van der Waals surface area contributed by atoms with Crippen LogP contribution in [-0.2, 0) is 25.3 Å². The molecule has 15 heteroatoms. The summed E-state index contributed by atoms with van der Waals surface area (Å²) in [5, 5.41) is 6.91. The van der Waals surface area contributed by atoms with Crippen LogP contribution in [0.2, 0.25) is 0 Å². The van der Waals surface area contributed by atoms with Gasteiger partial charge in [-0.2, -0.15) is 26.3 Å². The van der Waals surface area contributed by atoms with Gasteiger partial charge in [-0.3, -0.25) is 10.1 Å². The van der Waals surface area contributed by atoms with Gasteiger partial charge in [0, 0.05) is 54.4 Å². The number of carbonyl (C=O) groups excluding carboxylic acids is 2. The van der Waals surface area contributed by atoms with E-state index >= 15 is 0 Å². The molecule has 8 nitrogen and oxygen atoms in total. The van der Waals surface area contributed by atoms with E-state index in [1.807, 2.05) is 48.5 Å². The van der Waals surface area contributed by atoms with Crippen LogP contribution in [0, 0.1) is 0 Å². The van der Waals surface area contributed by atoms with E-state index in [0.29, 0.717) is 24.4 Å². The molecule has 3 amide bonds. The van der Waals surface area contributed by atoms with Gasteiger partial charge in [0.2, 0.25) is 0 Å². The number of aromatic nitrogens is 1. The van der Waals surface area contributed by atoms with Gasteiger partial charge in [-0.25, -0.2) is 4.79 Å². The van der Waals surface area contributed by atoms with Gasteiger partial charge in [-0.05, 0) is 49.2 Å². The van der Waals surface area contributed by atoms with Crippen molar-refractivity contribution in [2.24, 2.45) is 0 Å². The second-order valence-corrected chi connectivity index (χ2v) is 11.3. The van der Waals surface area contributed by atoms with Gasteiger partial charge >= 0.3 is 18.4 Å². The molecular weight excluding hydrogens is 664 g/mol. The number of nitrogens with one attached hydrogen (secondary N) is 3. The predicted octanol–water partition coefficient (Wildman–Crippen LogP) is 6.85. The Hall–Kier alpha value is -4.43. The number of para-hydroxylation sites is 2. The van der Waals surface area contributed by atoms with E-state index in [0.717, 1.165) is 22.0 Å². The molecule has 2 heterocycles. The highest BCUT2D eigenvalue weighted by Crippen LogP contribution is 2.37. The number of alkyl halides is 6. The Morgan fingerprint density at radius 3 is 2.25 bits per heavy atom. The van der Waals surface area contributed by atoms with Crippen molar-refractivity contribution in [3.63, 3.8) is 0 Å². The first-order valence-corrected chi connectivity index (χ1v) is 14.8. The molecule has 0 bridgehead atoms. The Kier molecular flexibility index (Phi) is 11.2. The normalized spacial score (nSPS) is 16.0. The standard InChI is InChI=1S/C33H33F6N5O3.ClH/c1-20(40-17-21-7-3-6-10-29(21)47-2)42-31(46)43-11-12-44(26(19-43)15-23-18-41-28-9-5-4-8-27(23)28)30(45)22-13-24(32(34,35)36)16-25(14-22)33(37,38)39;/h3-10,13-14,16,18,20,26,40-41H,11-12,15,17,19H2,1-2H3,(H,42,46);1H/t20-,26-;/m1./s1. The number of halogens is 7. The van der Waals surface area contributed by atoms with Crippen molar-refractivity contribution < 1.29 is 40.7 Å². The number of methoxy groups -OCH3 is 1. The maximum atomic E-state index is 13.7. The molecule has 3 N–H and O–H groups in total. The number of benzene rings is 3. The minimum Gasteiger partial charge on any atom is -0.496 e. The Morgan fingerprint density at radius 2 is 1.58 bits per heavy atom. The van der Waals surface area contributed by atoms with Crippen molar-refractivity contribution >= 4 is 35.2 Å². The Morgan fingerprint density at radius 1 is 0.938 bits per heavy atom. The smallest absolute Gasteiger partial charge is 0.416 e. The second-order valence-electron chi connectivity index (χ2n) is 11.3. The number of hydrogen-bond donors (Lipinski definition) is 3. The molecule has 0 aliphatic carbocycles. The zero-order chi connectivity index (χ0) is 33.9. The molecule has 5 rings (SSSR count). The van der Waals surface area contributed by atoms with Crippen LogP contribution < -0.4 is 15.4 Å². The number of hydrogen-bond acceptors (Lipinski definition) is 4. The molecule has 1 aromatic heterocycles. The molecule has 1 aliphatic rings. The number of H-pyrrole nitrogens is 1. The van der Waals surface area contributed by atoms with Gasteiger partial charge in [0.15, 0.2) is 0 Å². The summed E-state index contributed by atoms with van der Waals surface area (Å²) < 4.78 is 86.9. The van der Waals surface area contributed by atoms with E-state index in [1.54, 1.807) is 20.2 Å². The molecule has 1 fully saturated rings. The highest BCUT2D eigenvalue weighted by atomic mass is 35.5. The van der Waals surface area contributed by atoms with Gasteiger partial charge in [0.05, 0.1) is 30.4 Å². The molecule has 3 aromatic carbocycles. The van der Waals surface area contributed by atoms with Crippen LogP contribution in [0.5, 0.6) is 5.75 Å². The molecule has 0 radical (unpaired) electrons. The number of urea groups is 1. The first-order valence-electron chi connectivity index (χ1n) is 14.8. The lowest BCUT2D eigenvalue weighted by atomic mass is 9.99. The number of ether oxygens (including phenoxy) is 1. The number of aromatic amines is 1. The van der Waals surface area contributed by atoms with E-state index in [-0.39, 0.29) is 44.5 Å². The molecule has 0 saturated carbocycles. The van der Waals surface area contributed by atoms with Gasteiger partial charge in [0.1, 0.15) is 5.75 Å². The largest absolute Gasteiger partial charge is 0.496 e. The van der Waals surface area contributed by atoms with E-state index < -0.39 is 53.2 Å². The third-order valence-electron chi connectivity index (χ3n) is 8.13. The lowest BCUT2D eigenvalue weighted by Gasteiger charge is -2.42. The van der Waals surface area contributed by atoms with Gasteiger partial charge in [-0.1, -0.05) is 36.4 Å².